The van der Waals surface area contributed by atoms with Crippen molar-refractivity contribution < 1.29 is 14.3 Å². The number of anilines is 2. The van der Waals surface area contributed by atoms with Gasteiger partial charge < -0.3 is 20.3 Å². The molecule has 148 valence electrons. The number of rotatable bonds is 7. The van der Waals surface area contributed by atoms with E-state index < -0.39 is 0 Å². The molecule has 0 spiro atoms. The zero-order valence-corrected chi connectivity index (χ0v) is 17.4. The Balaban J connectivity index is 1.82. The van der Waals surface area contributed by atoms with Gasteiger partial charge in [0.05, 0.1) is 12.2 Å². The van der Waals surface area contributed by atoms with Crippen LogP contribution in [0.1, 0.15) is 33.6 Å². The second-order valence-electron chi connectivity index (χ2n) is 6.64. The molecule has 6 nitrogen and oxygen atoms in total. The maximum Gasteiger partial charge on any atom is 0.255 e. The molecule has 1 aliphatic heterocycles. The monoisotopic (exact) mass is 445 g/mol. The van der Waals surface area contributed by atoms with Gasteiger partial charge in [0, 0.05) is 48.2 Å². The quantitative estimate of drug-likeness (QED) is 0.637. The van der Waals surface area contributed by atoms with Gasteiger partial charge in [-0.1, -0.05) is 22.0 Å². The largest absolute Gasteiger partial charge is 0.383 e. The molecule has 2 N–H and O–H groups in total. The van der Waals surface area contributed by atoms with Gasteiger partial charge in [0.2, 0.25) is 0 Å². The molecular formula is C21H24BrN3O3. The Bertz CT molecular complexity index is 851. The van der Waals surface area contributed by atoms with E-state index in [-0.39, 0.29) is 11.8 Å². The first kappa shape index (κ1) is 20.4. The summed E-state index contributed by atoms with van der Waals surface area (Å²) < 4.78 is 5.84. The average Bonchev–Trinajstić information content (AvgIpc) is 3.22. The predicted octanol–water partition coefficient (Wildman–Crippen LogP) is 3.68. The first-order valence-electron chi connectivity index (χ1n) is 9.31. The zero-order valence-electron chi connectivity index (χ0n) is 15.8. The van der Waals surface area contributed by atoms with E-state index in [1.807, 2.05) is 24.3 Å². The number of carbonyl (C=O) groups is 2. The van der Waals surface area contributed by atoms with Crippen LogP contribution in [0.25, 0.3) is 0 Å². The fraction of sp³-hybridized carbons (Fsp3) is 0.333. The lowest BCUT2D eigenvalue weighted by molar-refractivity contribution is 0.0936. The molecule has 1 aliphatic rings. The van der Waals surface area contributed by atoms with Crippen molar-refractivity contribution in [1.82, 2.24) is 5.32 Å². The number of carbonyl (C=O) groups excluding carboxylic acids is 2. The summed E-state index contributed by atoms with van der Waals surface area (Å²) >= 11 is 3.38. The second-order valence-corrected chi connectivity index (χ2v) is 7.55. The van der Waals surface area contributed by atoms with Gasteiger partial charge in [0.25, 0.3) is 11.8 Å². The van der Waals surface area contributed by atoms with Crippen LogP contribution in [-0.4, -0.2) is 45.2 Å². The topological polar surface area (TPSA) is 70.7 Å². The normalized spacial score (nSPS) is 13.4. The van der Waals surface area contributed by atoms with Crippen molar-refractivity contribution in [3.8, 4) is 0 Å². The van der Waals surface area contributed by atoms with Crippen LogP contribution in [-0.2, 0) is 4.74 Å². The molecule has 2 amide bonds. The van der Waals surface area contributed by atoms with E-state index >= 15 is 0 Å². The maximum absolute atomic E-state index is 12.7. The van der Waals surface area contributed by atoms with E-state index in [0.717, 1.165) is 36.1 Å². The fourth-order valence-corrected chi connectivity index (χ4v) is 3.62. The first-order chi connectivity index (χ1) is 13.6. The molecule has 0 saturated carbocycles. The number of methoxy groups -OCH3 is 1. The molecular weight excluding hydrogens is 422 g/mol. The van der Waals surface area contributed by atoms with Crippen LogP contribution in [0.3, 0.4) is 0 Å². The summed E-state index contributed by atoms with van der Waals surface area (Å²) in [7, 11) is 1.60. The van der Waals surface area contributed by atoms with Crippen LogP contribution >= 0.6 is 15.9 Å². The summed E-state index contributed by atoms with van der Waals surface area (Å²) in [4.78, 5) is 27.5. The standard InChI is InChI=1S/C21H24BrN3O3/c1-28-12-9-23-21(27)18-14-17(7-8-19(18)25-10-2-3-11-25)24-20(26)15-5-4-6-16(22)13-15/h4-8,13-14H,2-3,9-12H2,1H3,(H,23,27)(H,24,26). The Labute approximate surface area is 173 Å². The molecule has 28 heavy (non-hydrogen) atoms. The lowest BCUT2D eigenvalue weighted by Crippen LogP contribution is -2.30. The Morgan fingerprint density at radius 3 is 2.61 bits per heavy atom. The molecule has 0 aliphatic carbocycles. The van der Waals surface area contributed by atoms with E-state index in [0.29, 0.717) is 30.0 Å². The smallest absolute Gasteiger partial charge is 0.255 e. The van der Waals surface area contributed by atoms with Gasteiger partial charge in [-0.15, -0.1) is 0 Å². The summed E-state index contributed by atoms with van der Waals surface area (Å²) in [6.45, 7) is 2.75. The highest BCUT2D eigenvalue weighted by molar-refractivity contribution is 9.10. The number of ether oxygens (including phenoxy) is 1. The minimum atomic E-state index is -0.221. The minimum absolute atomic E-state index is 0.169. The number of benzene rings is 2. The number of nitrogens with one attached hydrogen (secondary N) is 2. The van der Waals surface area contributed by atoms with Crippen LogP contribution in [0.2, 0.25) is 0 Å². The average molecular weight is 446 g/mol. The van der Waals surface area contributed by atoms with Gasteiger partial charge >= 0.3 is 0 Å². The number of hydrogen-bond donors (Lipinski definition) is 2. The zero-order chi connectivity index (χ0) is 19.9. The Morgan fingerprint density at radius 1 is 1.11 bits per heavy atom. The van der Waals surface area contributed by atoms with E-state index in [9.17, 15) is 9.59 Å². The minimum Gasteiger partial charge on any atom is -0.383 e. The molecule has 7 heteroatoms. The van der Waals surface area contributed by atoms with Crippen molar-refractivity contribution in [2.75, 3.05) is 43.6 Å². The Morgan fingerprint density at radius 2 is 1.89 bits per heavy atom. The molecule has 2 aromatic carbocycles. The van der Waals surface area contributed by atoms with Gasteiger partial charge in [-0.2, -0.15) is 0 Å². The molecule has 1 heterocycles. The van der Waals surface area contributed by atoms with Crippen LogP contribution in [0.4, 0.5) is 11.4 Å². The third-order valence-electron chi connectivity index (χ3n) is 4.62. The van der Waals surface area contributed by atoms with Gasteiger partial charge in [-0.3, -0.25) is 9.59 Å². The lowest BCUT2D eigenvalue weighted by Gasteiger charge is -2.22. The Hall–Kier alpha value is -2.38. The number of hydrogen-bond acceptors (Lipinski definition) is 4. The summed E-state index contributed by atoms with van der Waals surface area (Å²) in [5.41, 5.74) is 2.59. The van der Waals surface area contributed by atoms with Crippen molar-refractivity contribution in [3.05, 3.63) is 58.1 Å². The summed E-state index contributed by atoms with van der Waals surface area (Å²) in [6.07, 6.45) is 2.23. The molecule has 0 bridgehead atoms. The molecule has 0 aromatic heterocycles. The van der Waals surface area contributed by atoms with Gasteiger partial charge in [0.15, 0.2) is 0 Å². The van der Waals surface area contributed by atoms with Crippen LogP contribution in [0.5, 0.6) is 0 Å². The highest BCUT2D eigenvalue weighted by Gasteiger charge is 2.20. The first-order valence-corrected chi connectivity index (χ1v) is 10.1. The van der Waals surface area contributed by atoms with Crippen molar-refractivity contribution >= 4 is 39.1 Å². The van der Waals surface area contributed by atoms with Gasteiger partial charge in [0.1, 0.15) is 0 Å². The summed E-state index contributed by atoms with van der Waals surface area (Å²) in [5, 5.41) is 5.76. The van der Waals surface area contributed by atoms with Crippen molar-refractivity contribution in [2.45, 2.75) is 12.8 Å². The second kappa shape index (κ2) is 9.71. The van der Waals surface area contributed by atoms with E-state index in [4.69, 9.17) is 4.74 Å². The molecule has 0 atom stereocenters. The number of amides is 2. The van der Waals surface area contributed by atoms with E-state index in [1.165, 1.54) is 0 Å². The predicted molar refractivity (Wildman–Crippen MR) is 114 cm³/mol. The van der Waals surface area contributed by atoms with Crippen LogP contribution in [0, 0.1) is 0 Å². The molecule has 0 unspecified atom stereocenters. The molecule has 3 rings (SSSR count). The molecule has 1 fully saturated rings. The third kappa shape index (κ3) is 5.11. The van der Waals surface area contributed by atoms with Crippen LogP contribution in [0.15, 0.2) is 46.9 Å². The lowest BCUT2D eigenvalue weighted by atomic mass is 10.1. The van der Waals surface area contributed by atoms with E-state index in [2.05, 4.69) is 31.5 Å². The SMILES string of the molecule is COCCNC(=O)c1cc(NC(=O)c2cccc(Br)c2)ccc1N1CCCC1. The van der Waals surface area contributed by atoms with Crippen molar-refractivity contribution in [2.24, 2.45) is 0 Å². The highest BCUT2D eigenvalue weighted by atomic mass is 79.9. The van der Waals surface area contributed by atoms with Crippen molar-refractivity contribution in [1.29, 1.82) is 0 Å². The fourth-order valence-electron chi connectivity index (χ4n) is 3.22. The van der Waals surface area contributed by atoms with Crippen molar-refractivity contribution in [3.63, 3.8) is 0 Å². The van der Waals surface area contributed by atoms with E-state index in [1.54, 1.807) is 25.3 Å². The molecule has 2 aromatic rings. The Kier molecular flexibility index (Phi) is 7.06. The van der Waals surface area contributed by atoms with Crippen LogP contribution < -0.4 is 15.5 Å². The van der Waals surface area contributed by atoms with Gasteiger partial charge in [-0.25, -0.2) is 0 Å². The third-order valence-corrected chi connectivity index (χ3v) is 5.12. The number of halogens is 1. The molecule has 0 radical (unpaired) electrons. The maximum atomic E-state index is 12.7. The number of nitrogens with zero attached hydrogens (tertiary/aromatic N) is 1. The summed E-state index contributed by atoms with van der Waals surface area (Å²) in [5.74, 6) is -0.390. The summed E-state index contributed by atoms with van der Waals surface area (Å²) in [6, 6.07) is 12.7. The van der Waals surface area contributed by atoms with Gasteiger partial charge in [-0.05, 0) is 49.2 Å². The highest BCUT2D eigenvalue weighted by Crippen LogP contribution is 2.28. The molecule has 1 saturated heterocycles.